The summed E-state index contributed by atoms with van der Waals surface area (Å²) in [6, 6.07) is 12.6. The van der Waals surface area contributed by atoms with Crippen molar-refractivity contribution in [2.24, 2.45) is 5.73 Å². The van der Waals surface area contributed by atoms with Crippen molar-refractivity contribution < 1.29 is 9.72 Å². The molecule has 0 radical (unpaired) electrons. The van der Waals surface area contributed by atoms with Crippen LogP contribution in [-0.2, 0) is 24.1 Å². The molecule has 1 unspecified atom stereocenters. The highest BCUT2D eigenvalue weighted by atomic mass is 16.6. The Morgan fingerprint density at radius 1 is 1.25 bits per heavy atom. The van der Waals surface area contributed by atoms with Crippen LogP contribution in [0.5, 0.6) is 0 Å². The molecule has 1 aromatic heterocycles. The maximum atomic E-state index is 11.7. The number of nitrogens with zero attached hydrogens (tertiary/aromatic N) is 2. The van der Waals surface area contributed by atoms with Crippen LogP contribution < -0.4 is 10.6 Å². The third-order valence-electron chi connectivity index (χ3n) is 5.46. The van der Waals surface area contributed by atoms with E-state index >= 15 is 0 Å². The van der Waals surface area contributed by atoms with Crippen molar-refractivity contribution in [3.63, 3.8) is 0 Å². The minimum absolute atomic E-state index is 0.0666. The van der Waals surface area contributed by atoms with E-state index in [1.54, 1.807) is 17.0 Å². The zero-order valence-corrected chi connectivity index (χ0v) is 15.4. The van der Waals surface area contributed by atoms with E-state index in [9.17, 15) is 14.9 Å². The maximum absolute atomic E-state index is 11.7. The normalized spacial score (nSPS) is 16.0. The van der Waals surface area contributed by atoms with Crippen molar-refractivity contribution in [2.45, 2.75) is 31.7 Å². The standard InChI is InChI=1S/C21H22N4O3/c22-15-3-7-20-18(11-15)19-12-17(6-8-21(19)23-20)24(13-26)10-9-14-1-4-16(5-2-14)25(27)28/h1-2,4-6,8,12-13,15,23H,3,7,9-11,22H2. The van der Waals surface area contributed by atoms with Gasteiger partial charge in [0.25, 0.3) is 5.69 Å². The first kappa shape index (κ1) is 18.2. The van der Waals surface area contributed by atoms with E-state index in [1.807, 2.05) is 18.2 Å². The number of benzene rings is 2. The molecular weight excluding hydrogens is 356 g/mol. The molecule has 4 rings (SSSR count). The fraction of sp³-hybridized carbons (Fsp3) is 0.286. The summed E-state index contributed by atoms with van der Waals surface area (Å²) in [6.07, 6.45) is 4.24. The summed E-state index contributed by atoms with van der Waals surface area (Å²) in [5.41, 5.74) is 11.6. The number of fused-ring (bicyclic) bond motifs is 3. The van der Waals surface area contributed by atoms with Crippen LogP contribution in [0.15, 0.2) is 42.5 Å². The molecule has 3 N–H and O–H groups in total. The van der Waals surface area contributed by atoms with E-state index in [0.717, 1.165) is 47.8 Å². The van der Waals surface area contributed by atoms with Crippen LogP contribution in [0.2, 0.25) is 0 Å². The zero-order chi connectivity index (χ0) is 19.7. The number of amides is 1. The van der Waals surface area contributed by atoms with Gasteiger partial charge < -0.3 is 15.6 Å². The molecule has 0 saturated carbocycles. The van der Waals surface area contributed by atoms with Gasteiger partial charge in [0.2, 0.25) is 6.41 Å². The number of aromatic nitrogens is 1. The average Bonchev–Trinajstić information content (AvgIpc) is 3.06. The summed E-state index contributed by atoms with van der Waals surface area (Å²) in [4.78, 5) is 27.2. The van der Waals surface area contributed by atoms with Crippen molar-refractivity contribution in [3.05, 3.63) is 69.4 Å². The van der Waals surface area contributed by atoms with E-state index in [-0.39, 0.29) is 11.7 Å². The van der Waals surface area contributed by atoms with Crippen molar-refractivity contribution in [1.82, 2.24) is 4.98 Å². The topological polar surface area (TPSA) is 105 Å². The lowest BCUT2D eigenvalue weighted by molar-refractivity contribution is -0.384. The number of nitro benzene ring substituents is 1. The van der Waals surface area contributed by atoms with Crippen molar-refractivity contribution in [2.75, 3.05) is 11.4 Å². The Morgan fingerprint density at radius 2 is 2.04 bits per heavy atom. The molecule has 1 aliphatic carbocycles. The molecule has 0 aliphatic heterocycles. The molecule has 1 heterocycles. The molecule has 0 spiro atoms. The van der Waals surface area contributed by atoms with Crippen LogP contribution >= 0.6 is 0 Å². The van der Waals surface area contributed by atoms with E-state index < -0.39 is 4.92 Å². The average molecular weight is 378 g/mol. The number of hydrogen-bond donors (Lipinski definition) is 2. The predicted octanol–water partition coefficient (Wildman–Crippen LogP) is 3.10. The quantitative estimate of drug-likeness (QED) is 0.390. The number of nitrogens with one attached hydrogen (secondary N) is 1. The second-order valence-electron chi connectivity index (χ2n) is 7.29. The lowest BCUT2D eigenvalue weighted by Crippen LogP contribution is -2.27. The Balaban J connectivity index is 1.54. The number of aryl methyl sites for hydroxylation is 1. The van der Waals surface area contributed by atoms with Gasteiger partial charge in [0, 0.05) is 47.0 Å². The van der Waals surface area contributed by atoms with Gasteiger partial charge >= 0.3 is 0 Å². The first-order chi connectivity index (χ1) is 13.5. The van der Waals surface area contributed by atoms with E-state index in [2.05, 4.69) is 4.98 Å². The predicted molar refractivity (Wildman–Crippen MR) is 109 cm³/mol. The number of non-ortho nitro benzene ring substituents is 1. The van der Waals surface area contributed by atoms with Crippen LogP contribution in [0, 0.1) is 10.1 Å². The largest absolute Gasteiger partial charge is 0.358 e. The summed E-state index contributed by atoms with van der Waals surface area (Å²) in [5.74, 6) is 0. The molecule has 144 valence electrons. The second-order valence-corrected chi connectivity index (χ2v) is 7.29. The molecule has 0 saturated heterocycles. The highest BCUT2D eigenvalue weighted by molar-refractivity contribution is 5.90. The molecule has 28 heavy (non-hydrogen) atoms. The Bertz CT molecular complexity index is 1030. The number of H-pyrrole nitrogens is 1. The number of hydrogen-bond acceptors (Lipinski definition) is 4. The summed E-state index contributed by atoms with van der Waals surface area (Å²) in [6.45, 7) is 0.499. The number of carbonyl (C=O) groups is 1. The van der Waals surface area contributed by atoms with E-state index in [0.29, 0.717) is 13.0 Å². The Kier molecular flexibility index (Phi) is 4.83. The number of anilines is 1. The molecule has 1 amide bonds. The third-order valence-corrected chi connectivity index (χ3v) is 5.46. The molecule has 1 atom stereocenters. The highest BCUT2D eigenvalue weighted by Gasteiger charge is 2.20. The number of nitro groups is 1. The van der Waals surface area contributed by atoms with Gasteiger partial charge in [-0.25, -0.2) is 0 Å². The van der Waals surface area contributed by atoms with Crippen LogP contribution in [0.25, 0.3) is 10.9 Å². The zero-order valence-electron chi connectivity index (χ0n) is 15.4. The van der Waals surface area contributed by atoms with Gasteiger partial charge in [-0.2, -0.15) is 0 Å². The van der Waals surface area contributed by atoms with Gasteiger partial charge in [0.05, 0.1) is 4.92 Å². The van der Waals surface area contributed by atoms with Gasteiger partial charge in [0.1, 0.15) is 0 Å². The molecule has 0 fully saturated rings. The van der Waals surface area contributed by atoms with Gasteiger partial charge in [-0.3, -0.25) is 14.9 Å². The SMILES string of the molecule is NC1CCc2[nH]c3ccc(N(C=O)CCc4ccc([N+](=O)[O-])cc4)cc3c2C1. The van der Waals surface area contributed by atoms with Gasteiger partial charge in [-0.1, -0.05) is 12.1 Å². The summed E-state index contributed by atoms with van der Waals surface area (Å²) in [5, 5.41) is 11.9. The molecule has 2 aromatic carbocycles. The van der Waals surface area contributed by atoms with Gasteiger partial charge in [-0.15, -0.1) is 0 Å². The third kappa shape index (κ3) is 3.48. The fourth-order valence-corrected chi connectivity index (χ4v) is 3.89. The lowest BCUT2D eigenvalue weighted by atomic mass is 9.92. The van der Waals surface area contributed by atoms with Crippen LogP contribution in [0.1, 0.15) is 23.2 Å². The number of nitrogens with two attached hydrogens (primary N) is 1. The minimum atomic E-state index is -0.416. The molecule has 0 bridgehead atoms. The lowest BCUT2D eigenvalue weighted by Gasteiger charge is -2.19. The second kappa shape index (κ2) is 7.44. The molecular formula is C21H22N4O3. The molecule has 7 nitrogen and oxygen atoms in total. The Morgan fingerprint density at radius 3 is 2.75 bits per heavy atom. The number of rotatable bonds is 6. The van der Waals surface area contributed by atoms with Crippen molar-refractivity contribution >= 4 is 28.7 Å². The van der Waals surface area contributed by atoms with Gasteiger partial charge in [0.15, 0.2) is 0 Å². The first-order valence-corrected chi connectivity index (χ1v) is 9.39. The number of aromatic amines is 1. The van der Waals surface area contributed by atoms with Crippen molar-refractivity contribution in [1.29, 1.82) is 0 Å². The minimum Gasteiger partial charge on any atom is -0.358 e. The fourth-order valence-electron chi connectivity index (χ4n) is 3.89. The van der Waals surface area contributed by atoms with Crippen molar-refractivity contribution in [3.8, 4) is 0 Å². The molecule has 1 aliphatic rings. The van der Waals surface area contributed by atoms with E-state index in [1.165, 1.54) is 23.4 Å². The molecule has 3 aromatic rings. The highest BCUT2D eigenvalue weighted by Crippen LogP contribution is 2.31. The Labute approximate surface area is 162 Å². The number of carbonyl (C=O) groups excluding carboxylic acids is 1. The Hall–Kier alpha value is -3.19. The van der Waals surface area contributed by atoms with Crippen LogP contribution in [0.3, 0.4) is 0 Å². The monoisotopic (exact) mass is 378 g/mol. The molecule has 7 heteroatoms. The summed E-state index contributed by atoms with van der Waals surface area (Å²) >= 11 is 0. The summed E-state index contributed by atoms with van der Waals surface area (Å²) < 4.78 is 0. The van der Waals surface area contributed by atoms with Gasteiger partial charge in [-0.05, 0) is 55.0 Å². The van der Waals surface area contributed by atoms with Crippen LogP contribution in [0.4, 0.5) is 11.4 Å². The van der Waals surface area contributed by atoms with E-state index in [4.69, 9.17) is 5.73 Å². The smallest absolute Gasteiger partial charge is 0.269 e. The first-order valence-electron chi connectivity index (χ1n) is 9.39. The summed E-state index contributed by atoms with van der Waals surface area (Å²) in [7, 11) is 0. The maximum Gasteiger partial charge on any atom is 0.269 e. The van der Waals surface area contributed by atoms with Crippen LogP contribution in [-0.4, -0.2) is 28.9 Å².